The maximum absolute atomic E-state index is 13.3. The Kier molecular flexibility index (Phi) is 5.04. The SMILES string of the molecule is CC1(C)CCc2c(cnn2-c2ccc(F)cc2)N1C(=O)Oc1ccnc(S(C)(=O)=O)c1. The maximum Gasteiger partial charge on any atom is 0.420 e. The van der Waals surface area contributed by atoms with Crippen LogP contribution in [-0.2, 0) is 16.3 Å². The van der Waals surface area contributed by atoms with Gasteiger partial charge >= 0.3 is 6.09 Å². The van der Waals surface area contributed by atoms with Gasteiger partial charge in [0.2, 0.25) is 0 Å². The van der Waals surface area contributed by atoms with Crippen LogP contribution in [0.4, 0.5) is 14.9 Å². The summed E-state index contributed by atoms with van der Waals surface area (Å²) in [7, 11) is -3.54. The lowest BCUT2D eigenvalue weighted by Gasteiger charge is -2.41. The zero-order valence-corrected chi connectivity index (χ0v) is 18.1. The summed E-state index contributed by atoms with van der Waals surface area (Å²) in [6.07, 6.45) is 4.54. The van der Waals surface area contributed by atoms with Gasteiger partial charge in [0.25, 0.3) is 0 Å². The van der Waals surface area contributed by atoms with Crippen LogP contribution in [0.3, 0.4) is 0 Å². The lowest BCUT2D eigenvalue weighted by atomic mass is 9.90. The van der Waals surface area contributed by atoms with Gasteiger partial charge in [0.1, 0.15) is 11.6 Å². The standard InChI is InChI=1S/C21H21FN4O4S/c1-21(2)10-8-17-18(13-24-26(17)15-6-4-14(22)5-7-15)25(21)20(27)30-16-9-11-23-19(12-16)31(3,28)29/h4-7,9,11-13H,8,10H2,1-3H3. The van der Waals surface area contributed by atoms with Crippen molar-refractivity contribution >= 4 is 21.6 Å². The van der Waals surface area contributed by atoms with Crippen molar-refractivity contribution in [1.82, 2.24) is 14.8 Å². The van der Waals surface area contributed by atoms with E-state index in [2.05, 4.69) is 10.1 Å². The highest BCUT2D eigenvalue weighted by atomic mass is 32.2. The molecule has 0 bridgehead atoms. The van der Waals surface area contributed by atoms with Gasteiger partial charge in [-0.2, -0.15) is 5.10 Å². The van der Waals surface area contributed by atoms with Gasteiger partial charge in [0, 0.05) is 24.1 Å². The molecule has 2 aromatic heterocycles. The second kappa shape index (κ2) is 7.45. The molecule has 8 nitrogen and oxygen atoms in total. The molecule has 0 atom stereocenters. The Hall–Kier alpha value is -3.27. The van der Waals surface area contributed by atoms with Crippen molar-refractivity contribution in [2.45, 2.75) is 37.3 Å². The Morgan fingerprint density at radius 2 is 1.90 bits per heavy atom. The number of anilines is 1. The topological polar surface area (TPSA) is 94.4 Å². The van der Waals surface area contributed by atoms with E-state index >= 15 is 0 Å². The minimum atomic E-state index is -3.54. The number of nitrogens with zero attached hydrogens (tertiary/aromatic N) is 4. The summed E-state index contributed by atoms with van der Waals surface area (Å²) < 4.78 is 44.0. The van der Waals surface area contributed by atoms with E-state index in [1.165, 1.54) is 35.4 Å². The summed E-state index contributed by atoms with van der Waals surface area (Å²) in [5, 5.41) is 4.22. The Labute approximate surface area is 179 Å². The molecule has 0 N–H and O–H groups in total. The molecule has 0 saturated heterocycles. The molecule has 10 heteroatoms. The summed E-state index contributed by atoms with van der Waals surface area (Å²) in [5.41, 5.74) is 1.51. The van der Waals surface area contributed by atoms with Gasteiger partial charge in [-0.15, -0.1) is 0 Å². The molecule has 0 spiro atoms. The fourth-order valence-electron chi connectivity index (χ4n) is 3.60. The molecule has 162 valence electrons. The van der Waals surface area contributed by atoms with Crippen molar-refractivity contribution in [3.8, 4) is 11.4 Å². The molecular weight excluding hydrogens is 423 g/mol. The van der Waals surface area contributed by atoms with Crippen LogP contribution in [0.2, 0.25) is 0 Å². The Bertz CT molecular complexity index is 1250. The van der Waals surface area contributed by atoms with Crippen LogP contribution >= 0.6 is 0 Å². The quantitative estimate of drug-likeness (QED) is 0.613. The van der Waals surface area contributed by atoms with Crippen LogP contribution in [0.15, 0.2) is 53.8 Å². The first-order chi connectivity index (χ1) is 14.6. The number of hydrogen-bond acceptors (Lipinski definition) is 6. The molecule has 1 aliphatic rings. The number of amides is 1. The normalized spacial score (nSPS) is 15.4. The van der Waals surface area contributed by atoms with Crippen LogP contribution < -0.4 is 9.64 Å². The van der Waals surface area contributed by atoms with E-state index in [1.807, 2.05) is 13.8 Å². The molecule has 3 aromatic rings. The number of halogens is 1. The molecule has 3 heterocycles. The molecule has 0 radical (unpaired) electrons. The van der Waals surface area contributed by atoms with Gasteiger partial charge in [-0.25, -0.2) is 27.3 Å². The van der Waals surface area contributed by atoms with Crippen molar-refractivity contribution in [2.24, 2.45) is 0 Å². The van der Waals surface area contributed by atoms with E-state index in [1.54, 1.807) is 23.0 Å². The minimum Gasteiger partial charge on any atom is -0.410 e. The number of fused-ring (bicyclic) bond motifs is 1. The van der Waals surface area contributed by atoms with Crippen molar-refractivity contribution in [3.05, 3.63) is 60.3 Å². The van der Waals surface area contributed by atoms with Crippen LogP contribution in [0.25, 0.3) is 5.69 Å². The summed E-state index contributed by atoms with van der Waals surface area (Å²) in [4.78, 5) is 18.5. The van der Waals surface area contributed by atoms with Crippen LogP contribution in [0, 0.1) is 5.82 Å². The summed E-state index contributed by atoms with van der Waals surface area (Å²) in [6.45, 7) is 3.84. The van der Waals surface area contributed by atoms with Gasteiger partial charge < -0.3 is 4.74 Å². The fourth-order valence-corrected chi connectivity index (χ4v) is 4.18. The first kappa shape index (κ1) is 21.0. The molecular formula is C21H21FN4O4S. The Morgan fingerprint density at radius 1 is 1.19 bits per heavy atom. The van der Waals surface area contributed by atoms with E-state index in [0.717, 1.165) is 11.9 Å². The number of hydrogen-bond donors (Lipinski definition) is 0. The summed E-state index contributed by atoms with van der Waals surface area (Å²) in [5.74, 6) is -0.267. The summed E-state index contributed by atoms with van der Waals surface area (Å²) in [6, 6.07) is 8.58. The summed E-state index contributed by atoms with van der Waals surface area (Å²) >= 11 is 0. The molecule has 0 saturated carbocycles. The fraction of sp³-hybridized carbons (Fsp3) is 0.286. The second-order valence-corrected chi connectivity index (χ2v) is 9.95. The smallest absolute Gasteiger partial charge is 0.410 e. The Balaban J connectivity index is 1.69. The molecule has 0 fully saturated rings. The van der Waals surface area contributed by atoms with Crippen molar-refractivity contribution < 1.29 is 22.3 Å². The molecule has 4 rings (SSSR count). The largest absolute Gasteiger partial charge is 0.420 e. The van der Waals surface area contributed by atoms with E-state index in [9.17, 15) is 17.6 Å². The first-order valence-corrected chi connectivity index (χ1v) is 11.5. The predicted octanol–water partition coefficient (Wildman–Crippen LogP) is 3.54. The lowest BCUT2D eigenvalue weighted by molar-refractivity contribution is 0.197. The highest BCUT2D eigenvalue weighted by molar-refractivity contribution is 7.90. The Morgan fingerprint density at radius 3 is 2.58 bits per heavy atom. The molecule has 0 aliphatic carbocycles. The predicted molar refractivity (Wildman–Crippen MR) is 112 cm³/mol. The third kappa shape index (κ3) is 4.02. The number of carbonyl (C=O) groups is 1. The maximum atomic E-state index is 13.3. The zero-order chi connectivity index (χ0) is 22.4. The molecule has 31 heavy (non-hydrogen) atoms. The number of ether oxygens (including phenoxy) is 1. The number of benzene rings is 1. The number of sulfone groups is 1. The highest BCUT2D eigenvalue weighted by Crippen LogP contribution is 2.38. The first-order valence-electron chi connectivity index (χ1n) is 9.57. The van der Waals surface area contributed by atoms with Crippen LogP contribution in [-0.4, -0.2) is 41.1 Å². The average molecular weight is 444 g/mol. The van der Waals surface area contributed by atoms with E-state index in [0.29, 0.717) is 24.2 Å². The van der Waals surface area contributed by atoms with Crippen molar-refractivity contribution in [3.63, 3.8) is 0 Å². The van der Waals surface area contributed by atoms with Crippen LogP contribution in [0.5, 0.6) is 5.75 Å². The van der Waals surface area contributed by atoms with E-state index in [-0.39, 0.29) is 16.6 Å². The molecule has 1 aliphatic heterocycles. The second-order valence-electron chi connectivity index (χ2n) is 7.98. The number of carbonyl (C=O) groups excluding carboxylic acids is 1. The average Bonchev–Trinajstić information content (AvgIpc) is 3.10. The number of rotatable bonds is 3. The molecule has 0 unspecified atom stereocenters. The zero-order valence-electron chi connectivity index (χ0n) is 17.2. The number of aromatic nitrogens is 3. The van der Waals surface area contributed by atoms with Crippen molar-refractivity contribution in [1.29, 1.82) is 0 Å². The van der Waals surface area contributed by atoms with Gasteiger partial charge in [-0.1, -0.05) is 0 Å². The van der Waals surface area contributed by atoms with Crippen LogP contribution in [0.1, 0.15) is 26.0 Å². The van der Waals surface area contributed by atoms with Gasteiger partial charge in [-0.3, -0.25) is 4.90 Å². The number of pyridine rings is 1. The van der Waals surface area contributed by atoms with Gasteiger partial charge in [0.05, 0.1) is 23.3 Å². The van der Waals surface area contributed by atoms with Crippen molar-refractivity contribution in [2.75, 3.05) is 11.2 Å². The van der Waals surface area contributed by atoms with E-state index < -0.39 is 21.5 Å². The molecule has 1 aromatic carbocycles. The molecule has 1 amide bonds. The third-order valence-electron chi connectivity index (χ3n) is 5.21. The van der Waals surface area contributed by atoms with E-state index in [4.69, 9.17) is 4.74 Å². The lowest BCUT2D eigenvalue weighted by Crippen LogP contribution is -2.52. The monoisotopic (exact) mass is 444 g/mol. The minimum absolute atomic E-state index is 0.0780. The van der Waals surface area contributed by atoms with Gasteiger partial charge in [0.15, 0.2) is 14.9 Å². The highest BCUT2D eigenvalue weighted by Gasteiger charge is 2.40. The van der Waals surface area contributed by atoms with Gasteiger partial charge in [-0.05, 0) is 57.0 Å². The third-order valence-corrected chi connectivity index (χ3v) is 6.19.